The number of aromatic nitrogens is 4. The minimum atomic E-state index is -0.113. The molecule has 3 aromatic rings. The lowest BCUT2D eigenvalue weighted by Gasteiger charge is -2.17. The van der Waals surface area contributed by atoms with Gasteiger partial charge in [-0.3, -0.25) is 4.79 Å². The highest BCUT2D eigenvalue weighted by Crippen LogP contribution is 2.33. The number of aromatic amines is 1. The summed E-state index contributed by atoms with van der Waals surface area (Å²) in [5, 5.41) is 9.49. The van der Waals surface area contributed by atoms with E-state index >= 15 is 0 Å². The Morgan fingerprint density at radius 2 is 2.08 bits per heavy atom. The van der Waals surface area contributed by atoms with Crippen molar-refractivity contribution in [1.29, 1.82) is 0 Å². The molecule has 1 N–H and O–H groups in total. The number of hydrogen-bond acceptors (Lipinski definition) is 6. The third kappa shape index (κ3) is 3.46. The molecule has 0 unspecified atom stereocenters. The van der Waals surface area contributed by atoms with Crippen LogP contribution < -0.4 is 5.56 Å². The highest BCUT2D eigenvalue weighted by atomic mass is 32.2. The number of rotatable bonds is 4. The lowest BCUT2D eigenvalue weighted by atomic mass is 9.89. The summed E-state index contributed by atoms with van der Waals surface area (Å²) in [5.41, 5.74) is 1.63. The van der Waals surface area contributed by atoms with E-state index in [1.807, 2.05) is 19.1 Å². The van der Waals surface area contributed by atoms with Crippen LogP contribution in [0.15, 0.2) is 32.6 Å². The molecular formula is C18H20N4O2S. The number of nitrogens with zero attached hydrogens (tertiary/aromatic N) is 3. The normalized spacial score (nSPS) is 15.7. The number of benzene rings is 1. The molecule has 1 aromatic carbocycles. The topological polar surface area (TPSA) is 84.7 Å². The van der Waals surface area contributed by atoms with E-state index in [9.17, 15) is 4.79 Å². The maximum atomic E-state index is 12.2. The number of hydrogen-bond donors (Lipinski definition) is 1. The first-order valence-corrected chi connectivity index (χ1v) is 9.64. The van der Waals surface area contributed by atoms with E-state index in [0.717, 1.165) is 29.8 Å². The Hall–Kier alpha value is -2.15. The lowest BCUT2D eigenvalue weighted by molar-refractivity contribution is 0.334. The van der Waals surface area contributed by atoms with E-state index < -0.39 is 0 Å². The molecule has 2 heterocycles. The van der Waals surface area contributed by atoms with Gasteiger partial charge in [0, 0.05) is 5.92 Å². The van der Waals surface area contributed by atoms with Crippen LogP contribution >= 0.6 is 11.8 Å². The van der Waals surface area contributed by atoms with Gasteiger partial charge in [0.15, 0.2) is 0 Å². The molecule has 0 bridgehead atoms. The van der Waals surface area contributed by atoms with Crippen molar-refractivity contribution in [2.24, 2.45) is 0 Å². The Morgan fingerprint density at radius 3 is 2.92 bits per heavy atom. The summed E-state index contributed by atoms with van der Waals surface area (Å²) in [6.45, 7) is 1.96. The Balaban J connectivity index is 1.50. The zero-order valence-electron chi connectivity index (χ0n) is 14.1. The van der Waals surface area contributed by atoms with Crippen LogP contribution in [0.25, 0.3) is 10.9 Å². The first kappa shape index (κ1) is 16.3. The van der Waals surface area contributed by atoms with E-state index in [1.54, 1.807) is 6.07 Å². The van der Waals surface area contributed by atoms with Crippen LogP contribution in [0.2, 0.25) is 0 Å². The highest BCUT2D eigenvalue weighted by Gasteiger charge is 2.21. The monoisotopic (exact) mass is 356 g/mol. The summed E-state index contributed by atoms with van der Waals surface area (Å²) in [6.07, 6.45) is 6.02. The van der Waals surface area contributed by atoms with E-state index in [-0.39, 0.29) is 5.56 Å². The SMILES string of the molecule is Cc1cccc2c(=O)[nH]c(CSc3nnc(C4CCCCC4)o3)nc12. The molecular weight excluding hydrogens is 336 g/mol. The molecule has 0 saturated heterocycles. The molecule has 4 rings (SSSR count). The smallest absolute Gasteiger partial charge is 0.277 e. The maximum absolute atomic E-state index is 12.2. The predicted molar refractivity (Wildman–Crippen MR) is 96.8 cm³/mol. The third-order valence-electron chi connectivity index (χ3n) is 4.70. The van der Waals surface area contributed by atoms with Crippen molar-refractivity contribution < 1.29 is 4.42 Å². The second-order valence-electron chi connectivity index (χ2n) is 6.51. The minimum Gasteiger partial charge on any atom is -0.416 e. The van der Waals surface area contributed by atoms with E-state index in [4.69, 9.17) is 4.42 Å². The predicted octanol–water partition coefficient (Wildman–Crippen LogP) is 3.95. The Kier molecular flexibility index (Phi) is 4.57. The van der Waals surface area contributed by atoms with Gasteiger partial charge in [0.2, 0.25) is 5.89 Å². The van der Waals surface area contributed by atoms with Crippen molar-refractivity contribution in [3.63, 3.8) is 0 Å². The zero-order valence-corrected chi connectivity index (χ0v) is 14.9. The van der Waals surface area contributed by atoms with E-state index in [0.29, 0.717) is 28.1 Å². The number of nitrogens with one attached hydrogen (secondary N) is 1. The number of fused-ring (bicyclic) bond motifs is 1. The van der Waals surface area contributed by atoms with Crippen LogP contribution in [0.5, 0.6) is 0 Å². The van der Waals surface area contributed by atoms with Crippen LogP contribution in [0, 0.1) is 6.92 Å². The summed E-state index contributed by atoms with van der Waals surface area (Å²) >= 11 is 1.41. The van der Waals surface area contributed by atoms with Crippen molar-refractivity contribution >= 4 is 22.7 Å². The Bertz CT molecular complexity index is 944. The molecule has 6 nitrogen and oxygen atoms in total. The minimum absolute atomic E-state index is 0.113. The third-order valence-corrected chi connectivity index (χ3v) is 5.53. The second-order valence-corrected chi connectivity index (χ2v) is 7.44. The van der Waals surface area contributed by atoms with Gasteiger partial charge in [-0.25, -0.2) is 4.98 Å². The summed E-state index contributed by atoms with van der Waals surface area (Å²) in [7, 11) is 0. The van der Waals surface area contributed by atoms with Gasteiger partial charge in [-0.05, 0) is 31.4 Å². The molecule has 2 aromatic heterocycles. The molecule has 0 spiro atoms. The summed E-state index contributed by atoms with van der Waals surface area (Å²) < 4.78 is 5.81. The van der Waals surface area contributed by atoms with E-state index in [2.05, 4.69) is 20.2 Å². The number of thioether (sulfide) groups is 1. The molecule has 1 aliphatic rings. The molecule has 1 aliphatic carbocycles. The molecule has 0 amide bonds. The molecule has 7 heteroatoms. The number of H-pyrrole nitrogens is 1. The number of aryl methyl sites for hydroxylation is 1. The number of para-hydroxylation sites is 1. The quantitative estimate of drug-likeness (QED) is 0.712. The summed E-state index contributed by atoms with van der Waals surface area (Å²) in [4.78, 5) is 19.6. The summed E-state index contributed by atoms with van der Waals surface area (Å²) in [5.74, 6) is 2.26. The molecule has 25 heavy (non-hydrogen) atoms. The molecule has 1 fully saturated rings. The van der Waals surface area contributed by atoms with Gasteiger partial charge >= 0.3 is 0 Å². The van der Waals surface area contributed by atoms with Crippen molar-refractivity contribution in [3.8, 4) is 0 Å². The fourth-order valence-corrected chi connectivity index (χ4v) is 3.98. The second kappa shape index (κ2) is 7.00. The van der Waals surface area contributed by atoms with Gasteiger partial charge in [-0.15, -0.1) is 10.2 Å². The van der Waals surface area contributed by atoms with Crippen molar-refractivity contribution in [2.75, 3.05) is 0 Å². The lowest BCUT2D eigenvalue weighted by Crippen LogP contribution is -2.11. The van der Waals surface area contributed by atoms with Crippen molar-refractivity contribution in [3.05, 3.63) is 45.8 Å². The fraction of sp³-hybridized carbons (Fsp3) is 0.444. The standard InChI is InChI=1S/C18H20N4O2S/c1-11-6-5-9-13-15(11)19-14(20-16(13)23)10-25-18-22-21-17(24-18)12-7-3-2-4-8-12/h5-6,9,12H,2-4,7-8,10H2,1H3,(H,19,20,23). The van der Waals surface area contributed by atoms with Crippen molar-refractivity contribution in [1.82, 2.24) is 20.2 Å². The largest absolute Gasteiger partial charge is 0.416 e. The molecule has 1 saturated carbocycles. The van der Waals surface area contributed by atoms with E-state index in [1.165, 1.54) is 31.0 Å². The van der Waals surface area contributed by atoms with Gasteiger partial charge in [0.25, 0.3) is 10.8 Å². The first-order chi connectivity index (χ1) is 12.2. The maximum Gasteiger partial charge on any atom is 0.277 e. The van der Waals surface area contributed by atoms with Gasteiger partial charge in [0.05, 0.1) is 16.7 Å². The van der Waals surface area contributed by atoms with Gasteiger partial charge in [0.1, 0.15) is 5.82 Å². The van der Waals surface area contributed by atoms with Crippen LogP contribution in [0.4, 0.5) is 0 Å². The Morgan fingerprint density at radius 1 is 1.24 bits per heavy atom. The summed E-state index contributed by atoms with van der Waals surface area (Å²) in [6, 6.07) is 5.62. The molecule has 0 radical (unpaired) electrons. The van der Waals surface area contributed by atoms with Gasteiger partial charge in [-0.2, -0.15) is 0 Å². The zero-order chi connectivity index (χ0) is 17.2. The average molecular weight is 356 g/mol. The van der Waals surface area contributed by atoms with Crippen LogP contribution in [0.3, 0.4) is 0 Å². The Labute approximate surface area is 149 Å². The van der Waals surface area contributed by atoms with Gasteiger partial charge in [-0.1, -0.05) is 43.2 Å². The van der Waals surface area contributed by atoms with Crippen LogP contribution in [0.1, 0.15) is 55.3 Å². The van der Waals surface area contributed by atoms with Gasteiger partial charge < -0.3 is 9.40 Å². The van der Waals surface area contributed by atoms with Crippen molar-refractivity contribution in [2.45, 2.75) is 55.9 Å². The first-order valence-electron chi connectivity index (χ1n) is 8.65. The molecule has 130 valence electrons. The fourth-order valence-electron chi connectivity index (χ4n) is 3.34. The van der Waals surface area contributed by atoms with Crippen LogP contribution in [-0.2, 0) is 5.75 Å². The highest BCUT2D eigenvalue weighted by molar-refractivity contribution is 7.98. The molecule has 0 atom stereocenters. The average Bonchev–Trinajstić information content (AvgIpc) is 3.11. The van der Waals surface area contributed by atoms with Crippen LogP contribution in [-0.4, -0.2) is 20.2 Å². The molecule has 0 aliphatic heterocycles.